The Bertz CT molecular complexity index is 408. The van der Waals surface area contributed by atoms with E-state index in [1.165, 1.54) is 49.7 Å². The van der Waals surface area contributed by atoms with Crippen molar-refractivity contribution in [2.75, 3.05) is 0 Å². The van der Waals surface area contributed by atoms with Gasteiger partial charge in [-0.3, -0.25) is 0 Å². The highest BCUT2D eigenvalue weighted by Gasteiger charge is 2.23. The zero-order valence-electron chi connectivity index (χ0n) is 11.0. The number of fused-ring (bicyclic) bond motifs is 1. The SMILES string of the molecule is NC1CCc2c(OC3CCCCCC3)cccc21. The summed E-state index contributed by atoms with van der Waals surface area (Å²) in [6, 6.07) is 6.60. The molecule has 0 spiro atoms. The van der Waals surface area contributed by atoms with Gasteiger partial charge in [0.2, 0.25) is 0 Å². The monoisotopic (exact) mass is 245 g/mol. The molecular formula is C16H23NO. The van der Waals surface area contributed by atoms with Crippen molar-refractivity contribution in [3.8, 4) is 5.75 Å². The van der Waals surface area contributed by atoms with E-state index in [1.807, 2.05) is 0 Å². The molecule has 3 rings (SSSR count). The van der Waals surface area contributed by atoms with Gasteiger partial charge in [0.25, 0.3) is 0 Å². The highest BCUT2D eigenvalue weighted by molar-refractivity contribution is 5.45. The zero-order chi connectivity index (χ0) is 12.4. The van der Waals surface area contributed by atoms with Crippen LogP contribution in [0.3, 0.4) is 0 Å². The van der Waals surface area contributed by atoms with Gasteiger partial charge in [0.05, 0.1) is 6.10 Å². The van der Waals surface area contributed by atoms with Gasteiger partial charge in [0.15, 0.2) is 0 Å². The van der Waals surface area contributed by atoms with Crippen LogP contribution in [-0.2, 0) is 6.42 Å². The summed E-state index contributed by atoms with van der Waals surface area (Å²) in [5.41, 5.74) is 8.79. The first-order valence-electron chi connectivity index (χ1n) is 7.38. The molecule has 2 nitrogen and oxygen atoms in total. The third-order valence-corrected chi connectivity index (χ3v) is 4.37. The lowest BCUT2D eigenvalue weighted by molar-refractivity contribution is 0.182. The van der Waals surface area contributed by atoms with Crippen molar-refractivity contribution in [1.82, 2.24) is 0 Å². The highest BCUT2D eigenvalue weighted by atomic mass is 16.5. The van der Waals surface area contributed by atoms with Gasteiger partial charge in [-0.15, -0.1) is 0 Å². The summed E-state index contributed by atoms with van der Waals surface area (Å²) in [6.45, 7) is 0. The van der Waals surface area contributed by atoms with Crippen LogP contribution in [-0.4, -0.2) is 6.10 Å². The third-order valence-electron chi connectivity index (χ3n) is 4.37. The molecule has 2 N–H and O–H groups in total. The first kappa shape index (κ1) is 12.0. The average molecular weight is 245 g/mol. The zero-order valence-corrected chi connectivity index (χ0v) is 11.0. The van der Waals surface area contributed by atoms with Crippen molar-refractivity contribution in [1.29, 1.82) is 0 Å². The maximum atomic E-state index is 6.27. The van der Waals surface area contributed by atoms with Crippen LogP contribution in [0.15, 0.2) is 18.2 Å². The molecule has 2 aliphatic carbocycles. The molecule has 0 aromatic heterocycles. The summed E-state index contributed by atoms with van der Waals surface area (Å²) in [5.74, 6) is 1.10. The maximum Gasteiger partial charge on any atom is 0.123 e. The first-order chi connectivity index (χ1) is 8.84. The van der Waals surface area contributed by atoms with Crippen LogP contribution in [0.4, 0.5) is 0 Å². The van der Waals surface area contributed by atoms with Gasteiger partial charge in [-0.1, -0.05) is 25.0 Å². The molecule has 1 aromatic rings. The molecule has 0 aliphatic heterocycles. The van der Waals surface area contributed by atoms with Crippen molar-refractivity contribution in [2.24, 2.45) is 5.73 Å². The van der Waals surface area contributed by atoms with Crippen LogP contribution in [0.5, 0.6) is 5.75 Å². The Morgan fingerprint density at radius 3 is 2.56 bits per heavy atom. The number of nitrogens with two attached hydrogens (primary N) is 1. The smallest absolute Gasteiger partial charge is 0.123 e. The Morgan fingerprint density at radius 2 is 1.78 bits per heavy atom. The van der Waals surface area contributed by atoms with Crippen LogP contribution in [0, 0.1) is 0 Å². The molecule has 1 atom stereocenters. The molecule has 0 amide bonds. The Morgan fingerprint density at radius 1 is 1.00 bits per heavy atom. The van der Waals surface area contributed by atoms with E-state index in [0.717, 1.165) is 18.6 Å². The lowest BCUT2D eigenvalue weighted by Crippen LogP contribution is -2.16. The van der Waals surface area contributed by atoms with Crippen molar-refractivity contribution < 1.29 is 4.74 Å². The summed E-state index contributed by atoms with van der Waals surface area (Å²) < 4.78 is 6.27. The molecule has 1 fully saturated rings. The van der Waals surface area contributed by atoms with Crippen LogP contribution >= 0.6 is 0 Å². The van der Waals surface area contributed by atoms with Crippen LogP contribution in [0.1, 0.15) is 62.1 Å². The normalized spacial score (nSPS) is 24.6. The highest BCUT2D eigenvalue weighted by Crippen LogP contribution is 2.36. The Hall–Kier alpha value is -1.02. The van der Waals surface area contributed by atoms with Gasteiger partial charge in [-0.2, -0.15) is 0 Å². The number of rotatable bonds is 2. The van der Waals surface area contributed by atoms with Crippen LogP contribution in [0.2, 0.25) is 0 Å². The summed E-state index contributed by atoms with van der Waals surface area (Å²) >= 11 is 0. The maximum absolute atomic E-state index is 6.27. The molecule has 98 valence electrons. The predicted octanol–water partition coefficient (Wildman–Crippen LogP) is 3.73. The molecule has 2 heteroatoms. The topological polar surface area (TPSA) is 35.2 Å². The Labute approximate surface area is 110 Å². The van der Waals surface area contributed by atoms with Crippen molar-refractivity contribution >= 4 is 0 Å². The van der Waals surface area contributed by atoms with E-state index < -0.39 is 0 Å². The lowest BCUT2D eigenvalue weighted by Gasteiger charge is -2.19. The molecule has 0 heterocycles. The molecule has 18 heavy (non-hydrogen) atoms. The number of ether oxygens (including phenoxy) is 1. The Balaban J connectivity index is 1.76. The molecule has 0 bridgehead atoms. The summed E-state index contributed by atoms with van der Waals surface area (Å²) in [7, 11) is 0. The van der Waals surface area contributed by atoms with Gasteiger partial charge in [0, 0.05) is 6.04 Å². The van der Waals surface area contributed by atoms with Crippen molar-refractivity contribution in [3.05, 3.63) is 29.3 Å². The minimum absolute atomic E-state index is 0.220. The molecule has 1 saturated carbocycles. The van der Waals surface area contributed by atoms with Crippen LogP contribution in [0.25, 0.3) is 0 Å². The predicted molar refractivity (Wildman–Crippen MR) is 73.8 cm³/mol. The second-order valence-electron chi connectivity index (χ2n) is 5.70. The fourth-order valence-corrected chi connectivity index (χ4v) is 3.30. The molecule has 0 radical (unpaired) electrons. The van der Waals surface area contributed by atoms with Crippen molar-refractivity contribution in [2.45, 2.75) is 63.5 Å². The van der Waals surface area contributed by atoms with E-state index in [0.29, 0.717) is 6.10 Å². The van der Waals surface area contributed by atoms with Gasteiger partial charge in [-0.05, 0) is 55.7 Å². The van der Waals surface area contributed by atoms with Gasteiger partial charge < -0.3 is 10.5 Å². The number of hydrogen-bond donors (Lipinski definition) is 1. The number of hydrogen-bond acceptors (Lipinski definition) is 2. The molecular weight excluding hydrogens is 222 g/mol. The first-order valence-corrected chi connectivity index (χ1v) is 7.38. The minimum Gasteiger partial charge on any atom is -0.490 e. The molecule has 1 unspecified atom stereocenters. The second kappa shape index (κ2) is 5.31. The van der Waals surface area contributed by atoms with Gasteiger partial charge >= 0.3 is 0 Å². The summed E-state index contributed by atoms with van der Waals surface area (Å²) in [5, 5.41) is 0. The largest absolute Gasteiger partial charge is 0.490 e. The Kier molecular flexibility index (Phi) is 3.55. The van der Waals surface area contributed by atoms with Crippen molar-refractivity contribution in [3.63, 3.8) is 0 Å². The summed E-state index contributed by atoms with van der Waals surface area (Å²) in [6.07, 6.45) is 10.4. The molecule has 0 saturated heterocycles. The number of benzene rings is 1. The van der Waals surface area contributed by atoms with E-state index in [-0.39, 0.29) is 6.04 Å². The molecule has 2 aliphatic rings. The molecule has 1 aromatic carbocycles. The second-order valence-corrected chi connectivity index (χ2v) is 5.70. The van der Waals surface area contributed by atoms with Gasteiger partial charge in [-0.25, -0.2) is 0 Å². The van der Waals surface area contributed by atoms with E-state index in [4.69, 9.17) is 10.5 Å². The van der Waals surface area contributed by atoms with E-state index >= 15 is 0 Å². The average Bonchev–Trinajstić information content (AvgIpc) is 2.62. The standard InChI is InChI=1S/C16H23NO/c17-15-11-10-14-13(15)8-5-9-16(14)18-12-6-3-1-2-4-7-12/h5,8-9,12,15H,1-4,6-7,10-11,17H2. The lowest BCUT2D eigenvalue weighted by atomic mass is 10.1. The van der Waals surface area contributed by atoms with Crippen LogP contribution < -0.4 is 10.5 Å². The summed E-state index contributed by atoms with van der Waals surface area (Å²) in [4.78, 5) is 0. The quantitative estimate of drug-likeness (QED) is 0.806. The van der Waals surface area contributed by atoms with E-state index in [2.05, 4.69) is 18.2 Å². The fourth-order valence-electron chi connectivity index (χ4n) is 3.30. The van der Waals surface area contributed by atoms with E-state index in [1.54, 1.807) is 0 Å². The third kappa shape index (κ3) is 2.39. The minimum atomic E-state index is 0.220. The van der Waals surface area contributed by atoms with E-state index in [9.17, 15) is 0 Å². The fraction of sp³-hybridized carbons (Fsp3) is 0.625. The van der Waals surface area contributed by atoms with Gasteiger partial charge in [0.1, 0.15) is 5.75 Å².